The van der Waals surface area contributed by atoms with Gasteiger partial charge in [-0.2, -0.15) is 0 Å². The molecule has 0 aromatic heterocycles. The van der Waals surface area contributed by atoms with Crippen molar-refractivity contribution < 1.29 is 4.79 Å². The first-order valence-corrected chi connectivity index (χ1v) is 7.45. The highest BCUT2D eigenvalue weighted by Crippen LogP contribution is 2.22. The Morgan fingerprint density at radius 1 is 1.30 bits per heavy atom. The second-order valence-electron chi connectivity index (χ2n) is 4.37. The van der Waals surface area contributed by atoms with Crippen LogP contribution in [-0.4, -0.2) is 11.7 Å². The fraction of sp³-hybridized carbons (Fsp3) is 0.133. The zero-order valence-corrected chi connectivity index (χ0v) is 12.6. The number of hydrogen-bond acceptors (Lipinski definition) is 3. The molecule has 0 aliphatic heterocycles. The molecule has 5 heteroatoms. The normalized spacial score (nSPS) is 10.3. The quantitative estimate of drug-likeness (QED) is 0.664. The molecule has 0 unspecified atom stereocenters. The third-order valence-corrected chi connectivity index (χ3v) is 3.93. The average molecular weight is 307 g/mol. The summed E-state index contributed by atoms with van der Waals surface area (Å²) in [4.78, 5) is 12.9. The number of hydrogen-bond donors (Lipinski definition) is 2. The van der Waals surface area contributed by atoms with Gasteiger partial charge >= 0.3 is 0 Å². The van der Waals surface area contributed by atoms with E-state index >= 15 is 0 Å². The van der Waals surface area contributed by atoms with Crippen molar-refractivity contribution in [3.8, 4) is 0 Å². The molecule has 20 heavy (non-hydrogen) atoms. The van der Waals surface area contributed by atoms with Gasteiger partial charge < -0.3 is 11.1 Å². The van der Waals surface area contributed by atoms with Crippen LogP contribution in [0.5, 0.6) is 0 Å². The first kappa shape index (κ1) is 14.8. The van der Waals surface area contributed by atoms with Crippen molar-refractivity contribution in [2.75, 3.05) is 16.8 Å². The number of amides is 1. The van der Waals surface area contributed by atoms with Gasteiger partial charge in [0.25, 0.3) is 0 Å². The van der Waals surface area contributed by atoms with Crippen molar-refractivity contribution in [3.63, 3.8) is 0 Å². The Morgan fingerprint density at radius 3 is 2.85 bits per heavy atom. The lowest BCUT2D eigenvalue weighted by Crippen LogP contribution is -2.14. The van der Waals surface area contributed by atoms with Crippen LogP contribution >= 0.6 is 23.4 Å². The minimum absolute atomic E-state index is 0.0669. The SMILES string of the molecule is Cc1ccc(Cl)cc1NC(=O)CSc1cccc(N)c1. The summed E-state index contributed by atoms with van der Waals surface area (Å²) in [6.45, 7) is 1.93. The maximum Gasteiger partial charge on any atom is 0.234 e. The summed E-state index contributed by atoms with van der Waals surface area (Å²) in [5.41, 5.74) is 8.12. The van der Waals surface area contributed by atoms with Gasteiger partial charge in [-0.05, 0) is 42.8 Å². The molecular weight excluding hydrogens is 292 g/mol. The van der Waals surface area contributed by atoms with Gasteiger partial charge in [0.15, 0.2) is 0 Å². The second-order valence-corrected chi connectivity index (χ2v) is 5.85. The maximum atomic E-state index is 11.9. The zero-order chi connectivity index (χ0) is 14.5. The summed E-state index contributed by atoms with van der Waals surface area (Å²) in [5.74, 6) is 0.262. The van der Waals surface area contributed by atoms with E-state index < -0.39 is 0 Å². The predicted octanol–water partition coefficient (Wildman–Crippen LogP) is 3.96. The molecule has 0 bridgehead atoms. The van der Waals surface area contributed by atoms with Crippen LogP contribution in [0.3, 0.4) is 0 Å². The molecule has 0 aliphatic carbocycles. The van der Waals surface area contributed by atoms with E-state index in [1.165, 1.54) is 11.8 Å². The van der Waals surface area contributed by atoms with Crippen LogP contribution in [0, 0.1) is 6.92 Å². The van der Waals surface area contributed by atoms with Gasteiger partial charge in [0.1, 0.15) is 0 Å². The van der Waals surface area contributed by atoms with Crippen LogP contribution in [0.15, 0.2) is 47.4 Å². The predicted molar refractivity (Wildman–Crippen MR) is 86.4 cm³/mol. The smallest absolute Gasteiger partial charge is 0.234 e. The summed E-state index contributed by atoms with van der Waals surface area (Å²) in [5, 5.41) is 3.47. The van der Waals surface area contributed by atoms with Crippen molar-refractivity contribution in [3.05, 3.63) is 53.1 Å². The number of benzene rings is 2. The van der Waals surface area contributed by atoms with Gasteiger partial charge in [-0.25, -0.2) is 0 Å². The molecule has 2 aromatic carbocycles. The van der Waals surface area contributed by atoms with Crippen LogP contribution in [0.1, 0.15) is 5.56 Å². The molecule has 0 spiro atoms. The largest absolute Gasteiger partial charge is 0.399 e. The summed E-state index contributed by atoms with van der Waals surface area (Å²) < 4.78 is 0. The molecular formula is C15H15ClN2OS. The number of nitrogens with one attached hydrogen (secondary N) is 1. The van der Waals surface area contributed by atoms with Crippen molar-refractivity contribution in [1.82, 2.24) is 0 Å². The number of carbonyl (C=O) groups excluding carboxylic acids is 1. The molecule has 0 heterocycles. The number of nitrogen functional groups attached to an aromatic ring is 1. The second kappa shape index (κ2) is 6.68. The van der Waals surface area contributed by atoms with E-state index in [0.717, 1.165) is 16.1 Å². The van der Waals surface area contributed by atoms with Crippen molar-refractivity contribution >= 4 is 40.6 Å². The number of anilines is 2. The number of aryl methyl sites for hydroxylation is 1. The van der Waals surface area contributed by atoms with Gasteiger partial charge in [0.2, 0.25) is 5.91 Å². The lowest BCUT2D eigenvalue weighted by Gasteiger charge is -2.09. The number of halogens is 1. The molecule has 0 atom stereocenters. The fourth-order valence-electron chi connectivity index (χ4n) is 1.67. The standard InChI is InChI=1S/C15H15ClN2OS/c1-10-5-6-11(16)7-14(10)18-15(19)9-20-13-4-2-3-12(17)8-13/h2-8H,9,17H2,1H3,(H,18,19). The van der Waals surface area contributed by atoms with Crippen LogP contribution in [0.2, 0.25) is 5.02 Å². The Labute approximate surface area is 127 Å². The minimum Gasteiger partial charge on any atom is -0.399 e. The van der Waals surface area contributed by atoms with E-state index in [0.29, 0.717) is 16.5 Å². The topological polar surface area (TPSA) is 55.1 Å². The Hall–Kier alpha value is -1.65. The zero-order valence-electron chi connectivity index (χ0n) is 11.0. The molecule has 3 nitrogen and oxygen atoms in total. The summed E-state index contributed by atoms with van der Waals surface area (Å²) >= 11 is 7.37. The van der Waals surface area contributed by atoms with Crippen molar-refractivity contribution in [2.45, 2.75) is 11.8 Å². The summed E-state index contributed by atoms with van der Waals surface area (Å²) in [6, 6.07) is 12.9. The highest BCUT2D eigenvalue weighted by Gasteiger charge is 2.06. The lowest BCUT2D eigenvalue weighted by atomic mass is 10.2. The van der Waals surface area contributed by atoms with Crippen LogP contribution < -0.4 is 11.1 Å². The van der Waals surface area contributed by atoms with Crippen LogP contribution in [0.4, 0.5) is 11.4 Å². The molecule has 0 fully saturated rings. The van der Waals surface area contributed by atoms with E-state index in [1.54, 1.807) is 12.1 Å². The van der Waals surface area contributed by atoms with E-state index in [9.17, 15) is 4.79 Å². The third-order valence-electron chi connectivity index (χ3n) is 2.70. The lowest BCUT2D eigenvalue weighted by molar-refractivity contribution is -0.113. The van der Waals surface area contributed by atoms with Gasteiger partial charge in [-0.1, -0.05) is 23.7 Å². The minimum atomic E-state index is -0.0669. The number of carbonyl (C=O) groups is 1. The van der Waals surface area contributed by atoms with Crippen molar-refractivity contribution in [1.29, 1.82) is 0 Å². The molecule has 2 rings (SSSR count). The molecule has 3 N–H and O–H groups in total. The number of nitrogens with two attached hydrogens (primary N) is 1. The van der Waals surface area contributed by atoms with E-state index in [-0.39, 0.29) is 5.91 Å². The van der Waals surface area contributed by atoms with E-state index in [1.807, 2.05) is 37.3 Å². The molecule has 104 valence electrons. The Kier molecular flexibility index (Phi) is 4.93. The first-order chi connectivity index (χ1) is 9.54. The van der Waals surface area contributed by atoms with Gasteiger partial charge in [0, 0.05) is 21.3 Å². The Bertz CT molecular complexity index is 631. The number of thioether (sulfide) groups is 1. The van der Waals surface area contributed by atoms with Crippen LogP contribution in [0.25, 0.3) is 0 Å². The van der Waals surface area contributed by atoms with Crippen molar-refractivity contribution in [2.24, 2.45) is 0 Å². The molecule has 1 amide bonds. The fourth-order valence-corrected chi connectivity index (χ4v) is 2.60. The Balaban J connectivity index is 1.94. The summed E-state index contributed by atoms with van der Waals surface area (Å²) in [7, 11) is 0. The van der Waals surface area contributed by atoms with E-state index in [2.05, 4.69) is 5.32 Å². The molecule has 0 saturated carbocycles. The number of rotatable bonds is 4. The Morgan fingerprint density at radius 2 is 2.10 bits per heavy atom. The summed E-state index contributed by atoms with van der Waals surface area (Å²) in [6.07, 6.45) is 0. The third kappa shape index (κ3) is 4.18. The first-order valence-electron chi connectivity index (χ1n) is 6.09. The van der Waals surface area contributed by atoms with Gasteiger partial charge in [-0.3, -0.25) is 4.79 Å². The molecule has 2 aromatic rings. The monoisotopic (exact) mass is 306 g/mol. The molecule has 0 aliphatic rings. The molecule has 0 radical (unpaired) electrons. The highest BCUT2D eigenvalue weighted by molar-refractivity contribution is 8.00. The van der Waals surface area contributed by atoms with Crippen LogP contribution in [-0.2, 0) is 4.79 Å². The van der Waals surface area contributed by atoms with E-state index in [4.69, 9.17) is 17.3 Å². The van der Waals surface area contributed by atoms with Gasteiger partial charge in [-0.15, -0.1) is 11.8 Å². The average Bonchev–Trinajstić information content (AvgIpc) is 2.41. The van der Waals surface area contributed by atoms with Gasteiger partial charge in [0.05, 0.1) is 5.75 Å². The maximum absolute atomic E-state index is 11.9. The highest BCUT2D eigenvalue weighted by atomic mass is 35.5. The molecule has 0 saturated heterocycles.